The van der Waals surface area contributed by atoms with E-state index in [1.54, 1.807) is 12.1 Å². The van der Waals surface area contributed by atoms with Crippen LogP contribution in [0.15, 0.2) is 78.9 Å². The molecule has 0 saturated heterocycles. The van der Waals surface area contributed by atoms with Crippen LogP contribution in [0.5, 0.6) is 5.75 Å². The first-order valence-electron chi connectivity index (χ1n) is 15.1. The molecular weight excluding hydrogens is 526 g/mol. The maximum Gasteiger partial charge on any atom is 0.246 e. The molecule has 7 heteroatoms. The van der Waals surface area contributed by atoms with E-state index >= 15 is 0 Å². The van der Waals surface area contributed by atoms with E-state index in [2.05, 4.69) is 22.5 Å². The molecule has 0 saturated carbocycles. The van der Waals surface area contributed by atoms with Gasteiger partial charge in [0.05, 0.1) is 18.2 Å². The molecule has 42 heavy (non-hydrogen) atoms. The normalized spacial score (nSPS) is 13.4. The highest BCUT2D eigenvalue weighted by Crippen LogP contribution is 2.32. The van der Waals surface area contributed by atoms with Crippen molar-refractivity contribution in [2.24, 2.45) is 0 Å². The van der Waals surface area contributed by atoms with E-state index in [0.717, 1.165) is 52.5 Å². The van der Waals surface area contributed by atoms with Crippen molar-refractivity contribution in [3.05, 3.63) is 90.0 Å². The number of unbranched alkanes of at least 4 members (excludes halogenated alkanes) is 1. The van der Waals surface area contributed by atoms with Gasteiger partial charge in [0, 0.05) is 23.9 Å². The van der Waals surface area contributed by atoms with Crippen LogP contribution in [0.3, 0.4) is 0 Å². The highest BCUT2D eigenvalue weighted by molar-refractivity contribution is 5.97. The number of aromatic amines is 1. The molecule has 3 aromatic carbocycles. The molecule has 222 valence electrons. The van der Waals surface area contributed by atoms with Crippen LogP contribution in [0.1, 0.15) is 63.5 Å². The Morgan fingerprint density at radius 2 is 1.62 bits per heavy atom. The summed E-state index contributed by atoms with van der Waals surface area (Å²) in [4.78, 5) is 31.4. The lowest BCUT2D eigenvalue weighted by Crippen LogP contribution is -2.61. The van der Waals surface area contributed by atoms with Crippen molar-refractivity contribution >= 4 is 22.7 Å². The van der Waals surface area contributed by atoms with Crippen LogP contribution in [-0.4, -0.2) is 45.2 Å². The zero-order chi connectivity index (χ0) is 30.0. The van der Waals surface area contributed by atoms with Crippen LogP contribution in [0.2, 0.25) is 0 Å². The van der Waals surface area contributed by atoms with Crippen molar-refractivity contribution < 1.29 is 19.8 Å². The number of phenolic OH excluding ortho intramolecular Hbond substituents is 1. The zero-order valence-electron chi connectivity index (χ0n) is 24.7. The van der Waals surface area contributed by atoms with Crippen molar-refractivity contribution in [3.8, 4) is 17.0 Å². The van der Waals surface area contributed by atoms with Crippen LogP contribution >= 0.6 is 0 Å². The Labute approximate surface area is 248 Å². The number of aromatic nitrogens is 1. The van der Waals surface area contributed by atoms with Crippen molar-refractivity contribution in [1.82, 2.24) is 15.6 Å². The van der Waals surface area contributed by atoms with Gasteiger partial charge in [-0.3, -0.25) is 9.59 Å². The zero-order valence-corrected chi connectivity index (χ0v) is 24.7. The Kier molecular flexibility index (Phi) is 10.8. The summed E-state index contributed by atoms with van der Waals surface area (Å²) in [6.07, 6.45) is 3.77. The maximum atomic E-state index is 14.0. The maximum absolute atomic E-state index is 14.0. The van der Waals surface area contributed by atoms with Gasteiger partial charge in [0.15, 0.2) is 0 Å². The van der Waals surface area contributed by atoms with Crippen molar-refractivity contribution in [2.45, 2.75) is 76.9 Å². The molecule has 0 radical (unpaired) electrons. The summed E-state index contributed by atoms with van der Waals surface area (Å²) in [5.41, 5.74) is 3.07. The second-order valence-electron chi connectivity index (χ2n) is 11.1. The number of hydrogen-bond donors (Lipinski definition) is 5. The number of aliphatic hydroxyl groups excluding tert-OH is 1. The molecule has 2 unspecified atom stereocenters. The molecule has 4 aromatic rings. The minimum Gasteiger partial charge on any atom is -0.508 e. The first kappa shape index (κ1) is 30.8. The van der Waals surface area contributed by atoms with Gasteiger partial charge >= 0.3 is 0 Å². The number of nitrogens with one attached hydrogen (secondary N) is 3. The third-order valence-electron chi connectivity index (χ3n) is 7.81. The highest BCUT2D eigenvalue weighted by atomic mass is 16.3. The average molecular weight is 570 g/mol. The molecule has 2 amide bonds. The second kappa shape index (κ2) is 14.7. The number of aromatic hydroxyl groups is 1. The minimum absolute atomic E-state index is 0.0521. The number of rotatable bonds is 15. The number of benzene rings is 3. The average Bonchev–Trinajstić information content (AvgIpc) is 3.35. The molecule has 5 N–H and O–H groups in total. The third-order valence-corrected chi connectivity index (χ3v) is 7.81. The van der Waals surface area contributed by atoms with Crippen molar-refractivity contribution in [2.75, 3.05) is 6.54 Å². The highest BCUT2D eigenvalue weighted by Gasteiger charge is 2.40. The number of H-pyrrole nitrogens is 1. The molecule has 1 aromatic heterocycles. The van der Waals surface area contributed by atoms with E-state index in [1.807, 2.05) is 73.7 Å². The monoisotopic (exact) mass is 569 g/mol. The van der Waals surface area contributed by atoms with Gasteiger partial charge in [-0.2, -0.15) is 0 Å². The smallest absolute Gasteiger partial charge is 0.246 e. The number of aliphatic hydroxyl groups is 1. The molecular formula is C35H43N3O4. The van der Waals surface area contributed by atoms with E-state index in [1.165, 1.54) is 0 Å². The minimum atomic E-state index is -1.23. The fourth-order valence-corrected chi connectivity index (χ4v) is 5.56. The van der Waals surface area contributed by atoms with Crippen molar-refractivity contribution in [3.63, 3.8) is 0 Å². The van der Waals surface area contributed by atoms with E-state index in [9.17, 15) is 19.8 Å². The standard InChI is InChI=1S/C35H43N3O4/c1-3-5-22-36-34(42)35(21-20-27(39)11-4-2,24-25-12-7-6-8-13-25)38-32(41)23-30-29-14-9-10-15-31(29)37-33(30)26-16-18-28(40)19-17-26/h6-10,12-19,27,37,39-40H,3-5,11,20-24H2,1-2H3,(H,36,42)(H,38,41). The number of carbonyl (C=O) groups excluding carboxylic acids is 2. The first-order valence-corrected chi connectivity index (χ1v) is 15.1. The van der Waals surface area contributed by atoms with Crippen LogP contribution in [-0.2, 0) is 22.4 Å². The molecule has 0 bridgehead atoms. The first-order chi connectivity index (χ1) is 20.3. The van der Waals surface area contributed by atoms with Crippen LogP contribution in [0, 0.1) is 0 Å². The lowest BCUT2D eigenvalue weighted by Gasteiger charge is -2.35. The fourth-order valence-electron chi connectivity index (χ4n) is 5.56. The molecule has 2 atom stereocenters. The van der Waals surface area contributed by atoms with Gasteiger partial charge < -0.3 is 25.8 Å². The molecule has 0 aliphatic rings. The molecule has 0 spiro atoms. The number of para-hydroxylation sites is 1. The number of carbonyl (C=O) groups is 2. The Morgan fingerprint density at radius 3 is 2.33 bits per heavy atom. The number of phenols is 1. The largest absolute Gasteiger partial charge is 0.508 e. The van der Waals surface area contributed by atoms with E-state index in [4.69, 9.17) is 0 Å². The molecule has 0 aliphatic heterocycles. The summed E-state index contributed by atoms with van der Waals surface area (Å²) < 4.78 is 0. The SMILES string of the molecule is CCCCNC(=O)C(CCC(O)CCC)(Cc1ccccc1)NC(=O)Cc1c(-c2ccc(O)cc2)[nH]c2ccccc12. The van der Waals surface area contributed by atoms with Crippen LogP contribution in [0.25, 0.3) is 22.2 Å². The molecule has 4 rings (SSSR count). The Bertz CT molecular complexity index is 1450. The Morgan fingerprint density at radius 1 is 0.905 bits per heavy atom. The van der Waals surface area contributed by atoms with E-state index in [0.29, 0.717) is 32.2 Å². The number of hydrogen-bond acceptors (Lipinski definition) is 4. The van der Waals surface area contributed by atoms with Gasteiger partial charge in [-0.15, -0.1) is 0 Å². The predicted octanol–water partition coefficient (Wildman–Crippen LogP) is 6.04. The molecule has 7 nitrogen and oxygen atoms in total. The van der Waals surface area contributed by atoms with Gasteiger partial charge in [-0.25, -0.2) is 0 Å². The lowest BCUT2D eigenvalue weighted by molar-refractivity contribution is -0.134. The summed E-state index contributed by atoms with van der Waals surface area (Å²) in [6, 6.07) is 24.4. The van der Waals surface area contributed by atoms with Gasteiger partial charge in [0.1, 0.15) is 11.3 Å². The Hall–Kier alpha value is -4.10. The summed E-state index contributed by atoms with van der Waals surface area (Å²) in [6.45, 7) is 4.61. The number of fused-ring (bicyclic) bond motifs is 1. The third kappa shape index (κ3) is 7.79. The second-order valence-corrected chi connectivity index (χ2v) is 11.1. The predicted molar refractivity (Wildman–Crippen MR) is 168 cm³/mol. The van der Waals surface area contributed by atoms with E-state index < -0.39 is 11.6 Å². The van der Waals surface area contributed by atoms with Gasteiger partial charge in [0.25, 0.3) is 0 Å². The summed E-state index contributed by atoms with van der Waals surface area (Å²) in [5.74, 6) is -0.333. The summed E-state index contributed by atoms with van der Waals surface area (Å²) in [5, 5.41) is 27.7. The van der Waals surface area contributed by atoms with Crippen LogP contribution in [0.4, 0.5) is 0 Å². The van der Waals surface area contributed by atoms with Crippen LogP contribution < -0.4 is 10.6 Å². The summed E-state index contributed by atoms with van der Waals surface area (Å²) in [7, 11) is 0. The van der Waals surface area contributed by atoms with Gasteiger partial charge in [-0.1, -0.05) is 75.2 Å². The Balaban J connectivity index is 1.70. The molecule has 0 fully saturated rings. The lowest BCUT2D eigenvalue weighted by atomic mass is 9.83. The molecule has 0 aliphatic carbocycles. The number of amides is 2. The quantitative estimate of drug-likeness (QED) is 0.112. The van der Waals surface area contributed by atoms with Crippen molar-refractivity contribution in [1.29, 1.82) is 0 Å². The molecule has 1 heterocycles. The van der Waals surface area contributed by atoms with E-state index in [-0.39, 0.29) is 24.0 Å². The van der Waals surface area contributed by atoms with Gasteiger partial charge in [0.2, 0.25) is 11.8 Å². The fraction of sp³-hybridized carbons (Fsp3) is 0.371. The topological polar surface area (TPSA) is 114 Å². The van der Waals surface area contributed by atoms with Gasteiger partial charge in [-0.05, 0) is 72.7 Å². The summed E-state index contributed by atoms with van der Waals surface area (Å²) >= 11 is 0.